The summed E-state index contributed by atoms with van der Waals surface area (Å²) in [7, 11) is 2.14. The van der Waals surface area contributed by atoms with Crippen LogP contribution in [-0.4, -0.2) is 42.1 Å². The lowest BCUT2D eigenvalue weighted by Gasteiger charge is -2.39. The van der Waals surface area contributed by atoms with Gasteiger partial charge in [-0.1, -0.05) is 0 Å². The normalized spacial score (nSPS) is 22.1. The molecule has 2 aliphatic rings. The van der Waals surface area contributed by atoms with E-state index in [0.717, 1.165) is 50.2 Å². The van der Waals surface area contributed by atoms with Crippen LogP contribution in [0.15, 0.2) is 17.8 Å². The van der Waals surface area contributed by atoms with Gasteiger partial charge in [0.25, 0.3) is 0 Å². The lowest BCUT2D eigenvalue weighted by atomic mass is 9.89. The third-order valence-corrected chi connectivity index (χ3v) is 5.54. The number of thiophene rings is 1. The maximum atomic E-state index is 5.81. The second kappa shape index (κ2) is 5.19. The fourth-order valence-corrected chi connectivity index (χ4v) is 4.29. The third-order valence-electron chi connectivity index (χ3n) is 4.64. The Morgan fingerprint density at radius 3 is 2.76 bits per heavy atom. The van der Waals surface area contributed by atoms with Gasteiger partial charge < -0.3 is 14.4 Å². The van der Waals surface area contributed by atoms with Crippen LogP contribution >= 0.6 is 11.3 Å². The van der Waals surface area contributed by atoms with Crippen LogP contribution in [0.4, 0.5) is 5.82 Å². The minimum atomic E-state index is -0.290. The number of rotatable bonds is 2. The molecule has 0 radical (unpaired) electrons. The molecule has 0 N–H and O–H groups in total. The molecule has 5 nitrogen and oxygen atoms in total. The molecule has 1 saturated heterocycles. The smallest absolute Gasteiger partial charge is 0.168 e. The number of anilines is 1. The molecule has 1 saturated carbocycles. The molecule has 2 fully saturated rings. The summed E-state index contributed by atoms with van der Waals surface area (Å²) < 4.78 is 12.8. The van der Waals surface area contributed by atoms with Crippen LogP contribution in [0, 0.1) is 0 Å². The van der Waals surface area contributed by atoms with Crippen molar-refractivity contribution in [2.45, 2.75) is 37.5 Å². The molecule has 0 aromatic carbocycles. The van der Waals surface area contributed by atoms with Gasteiger partial charge in [0.05, 0.1) is 23.4 Å². The molecule has 0 amide bonds. The third kappa shape index (κ3) is 2.31. The molecule has 0 atom stereocenters. The summed E-state index contributed by atoms with van der Waals surface area (Å²) in [6, 6.07) is 2.54. The highest BCUT2D eigenvalue weighted by Gasteiger charge is 2.41. The molecular weight excluding hydrogens is 286 g/mol. The number of ether oxygens (including phenoxy) is 2. The van der Waals surface area contributed by atoms with Crippen LogP contribution in [0.5, 0.6) is 0 Å². The van der Waals surface area contributed by atoms with E-state index in [4.69, 9.17) is 9.47 Å². The van der Waals surface area contributed by atoms with Gasteiger partial charge in [0, 0.05) is 25.9 Å². The zero-order chi connectivity index (χ0) is 14.3. The van der Waals surface area contributed by atoms with E-state index in [2.05, 4.69) is 33.4 Å². The number of hydrogen-bond acceptors (Lipinski definition) is 6. The van der Waals surface area contributed by atoms with Gasteiger partial charge in [-0.15, -0.1) is 11.3 Å². The molecular formula is C15H19N3O2S. The van der Waals surface area contributed by atoms with Gasteiger partial charge >= 0.3 is 0 Å². The van der Waals surface area contributed by atoms with E-state index in [0.29, 0.717) is 6.04 Å². The minimum Gasteiger partial charge on any atom is -0.355 e. The molecule has 21 heavy (non-hydrogen) atoms. The van der Waals surface area contributed by atoms with Crippen molar-refractivity contribution in [1.82, 2.24) is 9.97 Å². The van der Waals surface area contributed by atoms with Crippen molar-refractivity contribution < 1.29 is 9.47 Å². The van der Waals surface area contributed by atoms with E-state index in [9.17, 15) is 0 Å². The van der Waals surface area contributed by atoms with E-state index < -0.39 is 0 Å². The summed E-state index contributed by atoms with van der Waals surface area (Å²) >= 11 is 1.71. The average Bonchev–Trinajstić information content (AvgIpc) is 3.16. The van der Waals surface area contributed by atoms with Gasteiger partial charge in [-0.2, -0.15) is 0 Å². The molecule has 4 rings (SSSR count). The predicted octanol–water partition coefficient (Wildman–Crippen LogP) is 2.81. The zero-order valence-electron chi connectivity index (χ0n) is 12.1. The highest BCUT2D eigenvalue weighted by Crippen LogP contribution is 2.39. The highest BCUT2D eigenvalue weighted by molar-refractivity contribution is 7.17. The van der Waals surface area contributed by atoms with Crippen LogP contribution in [0.2, 0.25) is 0 Å². The standard InChI is InChI=1S/C15H19N3O2S/c1-18(14-13-12(4-9-21-13)16-10-17-14)11-2-5-15(6-3-11)19-7-8-20-15/h4,9-11H,2-3,5-8H2,1H3. The molecule has 3 heterocycles. The van der Waals surface area contributed by atoms with E-state index >= 15 is 0 Å². The van der Waals surface area contributed by atoms with Gasteiger partial charge in [-0.3, -0.25) is 0 Å². The molecule has 2 aromatic heterocycles. The first-order valence-corrected chi connectivity index (χ1v) is 8.34. The highest BCUT2D eigenvalue weighted by atomic mass is 32.1. The van der Waals surface area contributed by atoms with Crippen LogP contribution in [0.25, 0.3) is 10.2 Å². The van der Waals surface area contributed by atoms with E-state index in [-0.39, 0.29) is 5.79 Å². The van der Waals surface area contributed by atoms with Crippen molar-refractivity contribution in [3.05, 3.63) is 17.8 Å². The SMILES string of the molecule is CN(c1ncnc2ccsc12)C1CCC2(CC1)OCCO2. The van der Waals surface area contributed by atoms with Gasteiger partial charge in [0.1, 0.15) is 12.1 Å². The van der Waals surface area contributed by atoms with E-state index in [1.807, 2.05) is 0 Å². The summed E-state index contributed by atoms with van der Waals surface area (Å²) in [5, 5.41) is 2.08. The second-order valence-electron chi connectivity index (χ2n) is 5.78. The monoisotopic (exact) mass is 305 g/mol. The van der Waals surface area contributed by atoms with Crippen molar-refractivity contribution in [2.24, 2.45) is 0 Å². The topological polar surface area (TPSA) is 47.5 Å². The molecule has 1 aliphatic carbocycles. The minimum absolute atomic E-state index is 0.290. The van der Waals surface area contributed by atoms with Crippen molar-refractivity contribution in [3.8, 4) is 0 Å². The largest absolute Gasteiger partial charge is 0.355 e. The van der Waals surface area contributed by atoms with Crippen molar-refractivity contribution >= 4 is 27.4 Å². The Bertz CT molecular complexity index is 629. The molecule has 1 spiro atoms. The first-order chi connectivity index (χ1) is 10.3. The Morgan fingerprint density at radius 1 is 1.24 bits per heavy atom. The molecule has 1 aliphatic heterocycles. The number of hydrogen-bond donors (Lipinski definition) is 0. The number of aromatic nitrogens is 2. The first kappa shape index (κ1) is 13.4. The maximum Gasteiger partial charge on any atom is 0.168 e. The van der Waals surface area contributed by atoms with Gasteiger partial charge in [0.15, 0.2) is 5.79 Å². The lowest BCUT2D eigenvalue weighted by Crippen LogP contribution is -2.43. The molecule has 6 heteroatoms. The molecule has 112 valence electrons. The molecule has 2 aromatic rings. The molecule has 0 bridgehead atoms. The summed E-state index contributed by atoms with van der Waals surface area (Å²) in [4.78, 5) is 11.1. The van der Waals surface area contributed by atoms with Gasteiger partial charge in [-0.05, 0) is 24.3 Å². The number of fused-ring (bicyclic) bond motifs is 1. The Morgan fingerprint density at radius 2 is 2.00 bits per heavy atom. The lowest BCUT2D eigenvalue weighted by molar-refractivity contribution is -0.178. The van der Waals surface area contributed by atoms with E-state index in [1.54, 1.807) is 17.7 Å². The van der Waals surface area contributed by atoms with Crippen LogP contribution in [0.1, 0.15) is 25.7 Å². The molecule has 0 unspecified atom stereocenters. The van der Waals surface area contributed by atoms with Crippen LogP contribution in [-0.2, 0) is 9.47 Å². The average molecular weight is 305 g/mol. The predicted molar refractivity (Wildman–Crippen MR) is 82.7 cm³/mol. The Balaban J connectivity index is 1.53. The Labute approximate surface area is 127 Å². The Hall–Kier alpha value is -1.24. The zero-order valence-corrected chi connectivity index (χ0v) is 12.9. The van der Waals surface area contributed by atoms with Crippen LogP contribution < -0.4 is 4.90 Å². The quantitative estimate of drug-likeness (QED) is 0.854. The van der Waals surface area contributed by atoms with Crippen molar-refractivity contribution in [1.29, 1.82) is 0 Å². The van der Waals surface area contributed by atoms with E-state index in [1.165, 1.54) is 4.70 Å². The summed E-state index contributed by atoms with van der Waals surface area (Å²) in [5.74, 6) is 0.755. The first-order valence-electron chi connectivity index (χ1n) is 7.46. The summed E-state index contributed by atoms with van der Waals surface area (Å²) in [6.07, 6.45) is 5.76. The Kier molecular flexibility index (Phi) is 3.32. The fraction of sp³-hybridized carbons (Fsp3) is 0.600. The van der Waals surface area contributed by atoms with Crippen molar-refractivity contribution in [2.75, 3.05) is 25.2 Å². The maximum absolute atomic E-state index is 5.81. The fourth-order valence-electron chi connectivity index (χ4n) is 3.42. The van der Waals surface area contributed by atoms with Gasteiger partial charge in [-0.25, -0.2) is 9.97 Å². The second-order valence-corrected chi connectivity index (χ2v) is 6.70. The summed E-state index contributed by atoms with van der Waals surface area (Å²) in [6.45, 7) is 1.48. The van der Waals surface area contributed by atoms with Gasteiger partial charge in [0.2, 0.25) is 0 Å². The number of nitrogens with zero attached hydrogens (tertiary/aromatic N) is 3. The van der Waals surface area contributed by atoms with Crippen LogP contribution in [0.3, 0.4) is 0 Å². The summed E-state index contributed by atoms with van der Waals surface area (Å²) in [5.41, 5.74) is 1.03. The van der Waals surface area contributed by atoms with Crippen molar-refractivity contribution in [3.63, 3.8) is 0 Å².